The van der Waals surface area contributed by atoms with Crippen LogP contribution < -0.4 is 5.32 Å². The highest BCUT2D eigenvalue weighted by molar-refractivity contribution is 5.77. The Balaban J connectivity index is 1.98. The molecule has 2 heterocycles. The average Bonchev–Trinajstić information content (AvgIpc) is 3.21. The molecule has 324 valence electrons. The Kier molecular flexibility index (Phi) is 26.7. The van der Waals surface area contributed by atoms with Crippen LogP contribution in [0.5, 0.6) is 0 Å². The number of aliphatic hydroxyl groups excluding tert-OH is 8. The molecule has 57 heavy (non-hydrogen) atoms. The number of allylic oxidation sites excluding steroid dienone is 12. The number of carbonyl (C=O) groups excluding carboxylic acids is 1. The first-order valence-electron chi connectivity index (χ1n) is 20.3. The van der Waals surface area contributed by atoms with E-state index in [-0.39, 0.29) is 18.9 Å². The van der Waals surface area contributed by atoms with E-state index >= 15 is 0 Å². The number of unbranched alkanes of at least 4 members (excludes halogenated alkanes) is 3. The lowest BCUT2D eigenvalue weighted by molar-refractivity contribution is -0.359. The first kappa shape index (κ1) is 50.3. The third-order valence-electron chi connectivity index (χ3n) is 9.34. The van der Waals surface area contributed by atoms with E-state index < -0.39 is 86.8 Å². The molecule has 0 saturated carbocycles. The van der Waals surface area contributed by atoms with Crippen LogP contribution in [0.4, 0.5) is 0 Å². The second kappa shape index (κ2) is 30.2. The molecular weight excluding hydrogens is 738 g/mol. The van der Waals surface area contributed by atoms with Crippen LogP contribution in [0.1, 0.15) is 84.5 Å². The number of ether oxygens (including phenoxy) is 4. The summed E-state index contributed by atoms with van der Waals surface area (Å²) in [6.07, 6.45) is 19.8. The van der Waals surface area contributed by atoms with Crippen LogP contribution in [0.25, 0.3) is 0 Å². The van der Waals surface area contributed by atoms with Gasteiger partial charge in [-0.3, -0.25) is 4.79 Å². The summed E-state index contributed by atoms with van der Waals surface area (Å²) < 4.78 is 22.4. The van der Waals surface area contributed by atoms with Gasteiger partial charge in [-0.15, -0.1) is 0 Å². The monoisotopic (exact) mass is 807 g/mol. The lowest BCUT2D eigenvalue weighted by Gasteiger charge is -2.46. The maximum Gasteiger partial charge on any atom is 0.224 e. The van der Waals surface area contributed by atoms with E-state index in [1.165, 1.54) is 0 Å². The molecule has 2 fully saturated rings. The Morgan fingerprint density at radius 3 is 1.79 bits per heavy atom. The molecule has 12 atom stereocenters. The zero-order valence-corrected chi connectivity index (χ0v) is 33.5. The predicted molar refractivity (Wildman–Crippen MR) is 216 cm³/mol. The van der Waals surface area contributed by atoms with Gasteiger partial charge in [-0.05, 0) is 51.4 Å². The van der Waals surface area contributed by atoms with E-state index in [0.29, 0.717) is 12.8 Å². The fraction of sp³-hybridized carbons (Fsp3) is 0.651. The number of aliphatic hydroxyl groups is 8. The highest BCUT2D eigenvalue weighted by atomic mass is 16.7. The summed E-state index contributed by atoms with van der Waals surface area (Å²) in [7, 11) is 0. The number of hydrogen-bond donors (Lipinski definition) is 9. The standard InChI is InChI=1S/C43H69NO13/c1-3-5-7-9-11-13-14-15-16-17-18-19-21-23-25-27-35(48)44-31(32(47)26-24-22-20-12-10-8-6-4-2)30-54-42-40(53)38(51)41(34(29-46)56-42)57-43-39(52)37(50)36(49)33(28-45)55-43/h5,7,10-13,15-16,18-19,23-26,31-34,36-43,45-47,49-53H,3-4,6,8-9,14,17,20-22,27-30H2,1-2H3,(H,44,48)/b7-5-,12-10+,13-11-,16-15-,19-18-,25-23-,26-24+. The van der Waals surface area contributed by atoms with Gasteiger partial charge < -0.3 is 65.1 Å². The van der Waals surface area contributed by atoms with Crippen molar-refractivity contribution in [1.82, 2.24) is 5.32 Å². The van der Waals surface area contributed by atoms with Gasteiger partial charge >= 0.3 is 0 Å². The van der Waals surface area contributed by atoms with E-state index in [1.807, 2.05) is 12.2 Å². The predicted octanol–water partition coefficient (Wildman–Crippen LogP) is 2.70. The van der Waals surface area contributed by atoms with Crippen LogP contribution in [-0.2, 0) is 23.7 Å². The molecule has 14 heteroatoms. The minimum atomic E-state index is -1.80. The lowest BCUT2D eigenvalue weighted by atomic mass is 9.97. The van der Waals surface area contributed by atoms with Gasteiger partial charge in [0.15, 0.2) is 12.6 Å². The molecule has 0 spiro atoms. The third-order valence-corrected chi connectivity index (χ3v) is 9.34. The van der Waals surface area contributed by atoms with Gasteiger partial charge in [0.05, 0.1) is 32.0 Å². The summed E-state index contributed by atoms with van der Waals surface area (Å²) in [5.74, 6) is -0.386. The van der Waals surface area contributed by atoms with Crippen LogP contribution in [0.3, 0.4) is 0 Å². The summed E-state index contributed by atoms with van der Waals surface area (Å²) in [6.45, 7) is 2.44. The van der Waals surface area contributed by atoms with E-state index in [1.54, 1.807) is 18.2 Å². The highest BCUT2D eigenvalue weighted by Gasteiger charge is 2.50. The molecular formula is C43H69NO13. The van der Waals surface area contributed by atoms with Crippen LogP contribution >= 0.6 is 0 Å². The minimum Gasteiger partial charge on any atom is -0.394 e. The van der Waals surface area contributed by atoms with Crippen molar-refractivity contribution in [2.45, 2.75) is 158 Å². The largest absolute Gasteiger partial charge is 0.394 e. The first-order chi connectivity index (χ1) is 27.6. The molecule has 0 bridgehead atoms. The summed E-state index contributed by atoms with van der Waals surface area (Å²) in [6, 6.07) is -0.986. The fourth-order valence-electron chi connectivity index (χ4n) is 5.94. The molecule has 14 nitrogen and oxygen atoms in total. The van der Waals surface area contributed by atoms with Gasteiger partial charge in [-0.25, -0.2) is 0 Å². The lowest BCUT2D eigenvalue weighted by Crippen LogP contribution is -2.65. The highest BCUT2D eigenvalue weighted by Crippen LogP contribution is 2.29. The second-order valence-electron chi connectivity index (χ2n) is 14.0. The van der Waals surface area contributed by atoms with E-state index in [9.17, 15) is 45.6 Å². The second-order valence-corrected chi connectivity index (χ2v) is 14.0. The zero-order valence-electron chi connectivity index (χ0n) is 33.5. The Morgan fingerprint density at radius 1 is 0.649 bits per heavy atom. The fourth-order valence-corrected chi connectivity index (χ4v) is 5.94. The molecule has 0 aliphatic carbocycles. The van der Waals surface area contributed by atoms with Gasteiger partial charge in [0.25, 0.3) is 0 Å². The average molecular weight is 808 g/mol. The Bertz CT molecular complexity index is 1280. The molecule has 1 amide bonds. The molecule has 0 aromatic rings. The molecule has 0 radical (unpaired) electrons. The van der Waals surface area contributed by atoms with E-state index in [2.05, 4.69) is 73.8 Å². The van der Waals surface area contributed by atoms with Crippen molar-refractivity contribution in [2.24, 2.45) is 0 Å². The van der Waals surface area contributed by atoms with Crippen molar-refractivity contribution in [3.8, 4) is 0 Å². The topological polar surface area (TPSA) is 228 Å². The van der Waals surface area contributed by atoms with Gasteiger partial charge in [-0.1, -0.05) is 112 Å². The zero-order chi connectivity index (χ0) is 41.8. The summed E-state index contributed by atoms with van der Waals surface area (Å²) >= 11 is 0. The quantitative estimate of drug-likeness (QED) is 0.0431. The van der Waals surface area contributed by atoms with Crippen molar-refractivity contribution >= 4 is 5.91 Å². The van der Waals surface area contributed by atoms with Gasteiger partial charge in [-0.2, -0.15) is 0 Å². The molecule has 2 aliphatic rings. The number of hydrogen-bond acceptors (Lipinski definition) is 13. The number of carbonyl (C=O) groups is 1. The molecule has 2 aliphatic heterocycles. The van der Waals surface area contributed by atoms with Crippen molar-refractivity contribution in [3.63, 3.8) is 0 Å². The molecule has 2 rings (SSSR count). The van der Waals surface area contributed by atoms with Crippen molar-refractivity contribution < 1.29 is 64.6 Å². The third kappa shape index (κ3) is 19.2. The maximum atomic E-state index is 13.0. The Labute approximate surface area is 338 Å². The molecule has 12 unspecified atom stereocenters. The number of rotatable bonds is 27. The van der Waals surface area contributed by atoms with E-state index in [0.717, 1.165) is 51.4 Å². The van der Waals surface area contributed by atoms with Gasteiger partial charge in [0, 0.05) is 6.42 Å². The first-order valence-corrected chi connectivity index (χ1v) is 20.3. The molecule has 0 aromatic heterocycles. The smallest absolute Gasteiger partial charge is 0.224 e. The number of amides is 1. The maximum absolute atomic E-state index is 13.0. The Morgan fingerprint density at radius 2 is 1.19 bits per heavy atom. The van der Waals surface area contributed by atoms with Gasteiger partial charge in [0.1, 0.15) is 48.8 Å². The van der Waals surface area contributed by atoms with Crippen LogP contribution in [0.2, 0.25) is 0 Å². The molecule has 2 saturated heterocycles. The van der Waals surface area contributed by atoms with Crippen molar-refractivity contribution in [1.29, 1.82) is 0 Å². The summed E-state index contributed by atoms with van der Waals surface area (Å²) in [4.78, 5) is 13.0. The van der Waals surface area contributed by atoms with Gasteiger partial charge in [0.2, 0.25) is 5.91 Å². The SMILES string of the molecule is CC/C=C\C/C=C\C/C=C\C/C=C\C/C=C\CC(=O)NC(COC1OC(CO)C(OC2OC(CO)C(O)C(O)C2O)C(O)C1O)C(O)/C=C/CC/C=C/CCCC. The number of nitrogens with one attached hydrogen (secondary N) is 1. The molecule has 9 N–H and O–H groups in total. The van der Waals surface area contributed by atoms with Crippen LogP contribution in [0.15, 0.2) is 85.1 Å². The van der Waals surface area contributed by atoms with Crippen LogP contribution in [0, 0.1) is 0 Å². The minimum absolute atomic E-state index is 0.0356. The molecule has 0 aromatic carbocycles. The summed E-state index contributed by atoms with van der Waals surface area (Å²) in [5, 5.41) is 85.9. The Hall–Kier alpha value is -2.83. The van der Waals surface area contributed by atoms with Crippen molar-refractivity contribution in [2.75, 3.05) is 19.8 Å². The van der Waals surface area contributed by atoms with E-state index in [4.69, 9.17) is 18.9 Å². The summed E-state index contributed by atoms with van der Waals surface area (Å²) in [5.41, 5.74) is 0. The van der Waals surface area contributed by atoms with Crippen molar-refractivity contribution in [3.05, 3.63) is 85.1 Å². The van der Waals surface area contributed by atoms with Crippen LogP contribution in [-0.4, -0.2) is 140 Å². The normalized spacial score (nSPS) is 30.0.